The highest BCUT2D eigenvalue weighted by molar-refractivity contribution is 5.32. The van der Waals surface area contributed by atoms with Gasteiger partial charge in [-0.3, -0.25) is 9.80 Å². The predicted molar refractivity (Wildman–Crippen MR) is 96.2 cm³/mol. The number of hydrogen-bond acceptors (Lipinski definition) is 2. The average molecular weight is 304 g/mol. The van der Waals surface area contributed by atoms with Crippen molar-refractivity contribution in [1.82, 2.24) is 9.80 Å². The molecule has 1 aliphatic rings. The molecule has 2 nitrogen and oxygen atoms in total. The zero-order valence-electron chi connectivity index (χ0n) is 13.6. The maximum absolute atomic E-state index is 5.41. The van der Waals surface area contributed by atoms with Crippen molar-refractivity contribution in [2.75, 3.05) is 32.7 Å². The minimum absolute atomic E-state index is 0.776. The first kappa shape index (κ1) is 15.8. The fraction of sp³-hybridized carbons (Fsp3) is 0.333. The second kappa shape index (κ2) is 7.97. The van der Waals surface area contributed by atoms with E-state index in [1.54, 1.807) is 0 Å². The topological polar surface area (TPSA) is 6.48 Å². The Hall–Kier alpha value is -2.08. The Morgan fingerprint density at radius 1 is 0.783 bits per heavy atom. The SMILES string of the molecule is C#CCN1CCN(Cc2ccccc2Cc2ccccc2)CC1. The Balaban J connectivity index is 1.64. The van der Waals surface area contributed by atoms with Crippen LogP contribution in [0.3, 0.4) is 0 Å². The summed E-state index contributed by atoms with van der Waals surface area (Å²) in [6.45, 7) is 6.16. The summed E-state index contributed by atoms with van der Waals surface area (Å²) in [4.78, 5) is 4.89. The van der Waals surface area contributed by atoms with Gasteiger partial charge in [-0.2, -0.15) is 0 Å². The summed E-state index contributed by atoms with van der Waals surface area (Å²) in [5.74, 6) is 2.75. The highest BCUT2D eigenvalue weighted by Gasteiger charge is 2.17. The Kier molecular flexibility index (Phi) is 5.47. The molecule has 0 aliphatic carbocycles. The molecule has 1 fully saturated rings. The molecule has 1 heterocycles. The molecular formula is C21H24N2. The lowest BCUT2D eigenvalue weighted by Crippen LogP contribution is -2.45. The van der Waals surface area contributed by atoms with Crippen LogP contribution < -0.4 is 0 Å². The van der Waals surface area contributed by atoms with Gasteiger partial charge < -0.3 is 0 Å². The molecule has 2 aromatic carbocycles. The van der Waals surface area contributed by atoms with Crippen LogP contribution in [0.15, 0.2) is 54.6 Å². The van der Waals surface area contributed by atoms with E-state index in [0.717, 1.165) is 45.7 Å². The maximum Gasteiger partial charge on any atom is 0.0599 e. The van der Waals surface area contributed by atoms with Crippen molar-refractivity contribution in [2.45, 2.75) is 13.0 Å². The van der Waals surface area contributed by atoms with Gasteiger partial charge in [-0.05, 0) is 23.1 Å². The molecular weight excluding hydrogens is 280 g/mol. The highest BCUT2D eigenvalue weighted by Crippen LogP contribution is 2.17. The lowest BCUT2D eigenvalue weighted by atomic mass is 9.99. The lowest BCUT2D eigenvalue weighted by Gasteiger charge is -2.34. The van der Waals surface area contributed by atoms with Crippen molar-refractivity contribution in [1.29, 1.82) is 0 Å². The van der Waals surface area contributed by atoms with Gasteiger partial charge in [-0.1, -0.05) is 60.5 Å². The Morgan fingerprint density at radius 3 is 2.09 bits per heavy atom. The van der Waals surface area contributed by atoms with Gasteiger partial charge in [0.05, 0.1) is 6.54 Å². The van der Waals surface area contributed by atoms with Crippen LogP contribution in [-0.4, -0.2) is 42.5 Å². The van der Waals surface area contributed by atoms with Crippen molar-refractivity contribution in [3.63, 3.8) is 0 Å². The second-order valence-corrected chi connectivity index (χ2v) is 6.19. The number of benzene rings is 2. The first-order chi connectivity index (χ1) is 11.3. The molecule has 0 amide bonds. The molecule has 3 rings (SSSR count). The van der Waals surface area contributed by atoms with Crippen LogP contribution in [0.4, 0.5) is 0 Å². The standard InChI is InChI=1S/C21H24N2/c1-2-12-22-13-15-23(16-14-22)18-21-11-7-6-10-20(21)17-19-8-4-3-5-9-19/h1,3-11H,12-18H2. The molecule has 0 aromatic heterocycles. The van der Waals surface area contributed by atoms with Crippen LogP contribution in [0.25, 0.3) is 0 Å². The van der Waals surface area contributed by atoms with Crippen molar-refractivity contribution in [3.8, 4) is 12.3 Å². The van der Waals surface area contributed by atoms with E-state index in [-0.39, 0.29) is 0 Å². The predicted octanol–water partition coefficient (Wildman–Crippen LogP) is 3.03. The van der Waals surface area contributed by atoms with E-state index in [9.17, 15) is 0 Å². The van der Waals surface area contributed by atoms with Crippen LogP contribution in [0.5, 0.6) is 0 Å². The van der Waals surface area contributed by atoms with Gasteiger partial charge in [-0.15, -0.1) is 6.42 Å². The van der Waals surface area contributed by atoms with Crippen molar-refractivity contribution in [3.05, 3.63) is 71.3 Å². The summed E-state index contributed by atoms with van der Waals surface area (Å²) in [5.41, 5.74) is 4.25. The van der Waals surface area contributed by atoms with E-state index in [1.165, 1.54) is 16.7 Å². The fourth-order valence-electron chi connectivity index (χ4n) is 3.18. The Bertz CT molecular complexity index is 649. The molecule has 1 saturated heterocycles. The smallest absolute Gasteiger partial charge is 0.0599 e. The van der Waals surface area contributed by atoms with Crippen LogP contribution in [-0.2, 0) is 13.0 Å². The normalized spacial score (nSPS) is 16.1. The van der Waals surface area contributed by atoms with E-state index in [4.69, 9.17) is 6.42 Å². The number of hydrogen-bond donors (Lipinski definition) is 0. The van der Waals surface area contributed by atoms with Gasteiger partial charge in [0.25, 0.3) is 0 Å². The summed E-state index contributed by atoms with van der Waals surface area (Å²) in [6.07, 6.45) is 6.41. The second-order valence-electron chi connectivity index (χ2n) is 6.19. The molecule has 2 aromatic rings. The average Bonchev–Trinajstić information content (AvgIpc) is 2.60. The fourth-order valence-corrected chi connectivity index (χ4v) is 3.18. The quantitative estimate of drug-likeness (QED) is 0.784. The minimum atomic E-state index is 0.776. The van der Waals surface area contributed by atoms with E-state index in [1.807, 2.05) is 0 Å². The molecule has 23 heavy (non-hydrogen) atoms. The van der Waals surface area contributed by atoms with Gasteiger partial charge >= 0.3 is 0 Å². The van der Waals surface area contributed by atoms with Crippen molar-refractivity contribution in [2.24, 2.45) is 0 Å². The number of piperazine rings is 1. The lowest BCUT2D eigenvalue weighted by molar-refractivity contribution is 0.138. The van der Waals surface area contributed by atoms with E-state index >= 15 is 0 Å². The summed E-state index contributed by atoms with van der Waals surface area (Å²) in [7, 11) is 0. The van der Waals surface area contributed by atoms with Crippen molar-refractivity contribution >= 4 is 0 Å². The molecule has 0 atom stereocenters. The van der Waals surface area contributed by atoms with E-state index in [2.05, 4.69) is 70.3 Å². The van der Waals surface area contributed by atoms with Gasteiger partial charge in [0, 0.05) is 32.7 Å². The molecule has 0 N–H and O–H groups in total. The highest BCUT2D eigenvalue weighted by atomic mass is 15.3. The van der Waals surface area contributed by atoms with Crippen LogP contribution >= 0.6 is 0 Å². The first-order valence-corrected chi connectivity index (χ1v) is 8.34. The number of rotatable bonds is 5. The molecule has 0 bridgehead atoms. The molecule has 2 heteroatoms. The van der Waals surface area contributed by atoms with Crippen LogP contribution in [0.2, 0.25) is 0 Å². The third-order valence-electron chi connectivity index (χ3n) is 4.53. The van der Waals surface area contributed by atoms with Crippen LogP contribution in [0.1, 0.15) is 16.7 Å². The minimum Gasteiger partial charge on any atom is -0.297 e. The van der Waals surface area contributed by atoms with Crippen LogP contribution in [0, 0.1) is 12.3 Å². The molecule has 0 radical (unpaired) electrons. The van der Waals surface area contributed by atoms with E-state index in [0.29, 0.717) is 0 Å². The summed E-state index contributed by atoms with van der Waals surface area (Å²) >= 11 is 0. The molecule has 0 spiro atoms. The molecule has 118 valence electrons. The largest absolute Gasteiger partial charge is 0.297 e. The van der Waals surface area contributed by atoms with Crippen molar-refractivity contribution < 1.29 is 0 Å². The molecule has 0 saturated carbocycles. The number of terminal acetylenes is 1. The van der Waals surface area contributed by atoms with Gasteiger partial charge in [0.15, 0.2) is 0 Å². The zero-order chi connectivity index (χ0) is 15.9. The van der Waals surface area contributed by atoms with Gasteiger partial charge in [0.2, 0.25) is 0 Å². The summed E-state index contributed by atoms with van der Waals surface area (Å²) in [5, 5.41) is 0. The third kappa shape index (κ3) is 4.45. The first-order valence-electron chi connectivity index (χ1n) is 8.34. The molecule has 1 aliphatic heterocycles. The third-order valence-corrected chi connectivity index (χ3v) is 4.53. The van der Waals surface area contributed by atoms with Gasteiger partial charge in [0.1, 0.15) is 0 Å². The zero-order valence-corrected chi connectivity index (χ0v) is 13.6. The van der Waals surface area contributed by atoms with E-state index < -0.39 is 0 Å². The summed E-state index contributed by atoms with van der Waals surface area (Å²) < 4.78 is 0. The number of nitrogens with zero attached hydrogens (tertiary/aromatic N) is 2. The maximum atomic E-state index is 5.41. The Morgan fingerprint density at radius 2 is 1.39 bits per heavy atom. The summed E-state index contributed by atoms with van der Waals surface area (Å²) in [6, 6.07) is 19.5. The van der Waals surface area contributed by atoms with Gasteiger partial charge in [-0.25, -0.2) is 0 Å². The monoisotopic (exact) mass is 304 g/mol. The molecule has 0 unspecified atom stereocenters. The Labute approximate surface area is 139 Å².